The lowest BCUT2D eigenvalue weighted by Gasteiger charge is -2.08. The largest absolute Gasteiger partial charge is 0.395 e. The maximum absolute atomic E-state index is 13.4. The van der Waals surface area contributed by atoms with Gasteiger partial charge < -0.3 is 11.1 Å². The predicted molar refractivity (Wildman–Crippen MR) is 75.9 cm³/mol. The first-order chi connectivity index (χ1) is 8.75. The summed E-state index contributed by atoms with van der Waals surface area (Å²) < 4.78 is 14.5. The van der Waals surface area contributed by atoms with Crippen molar-refractivity contribution in [2.45, 2.75) is 0 Å². The Balaban J connectivity index is 2.04. The maximum atomic E-state index is 13.4. The summed E-state index contributed by atoms with van der Waals surface area (Å²) in [5.41, 5.74) is 7.40. The molecule has 2 aromatic carbocycles. The number of rotatable bonds is 2. The van der Waals surface area contributed by atoms with Gasteiger partial charge in [0.2, 0.25) is 0 Å². The van der Waals surface area contributed by atoms with Gasteiger partial charge in [-0.2, -0.15) is 0 Å². The van der Waals surface area contributed by atoms with Gasteiger partial charge in [-0.15, -0.1) is 11.3 Å². The van der Waals surface area contributed by atoms with Crippen LogP contribution in [0.5, 0.6) is 0 Å². The van der Waals surface area contributed by atoms with Crippen LogP contribution in [0.4, 0.5) is 21.5 Å². The Hall–Kier alpha value is -2.07. The van der Waals surface area contributed by atoms with Crippen LogP contribution in [0.2, 0.25) is 0 Å². The number of nitrogens with two attached hydrogens (primary N) is 1. The molecule has 0 saturated carbocycles. The van der Waals surface area contributed by atoms with Crippen molar-refractivity contribution < 1.29 is 4.39 Å². The molecule has 0 unspecified atom stereocenters. The number of thiophene rings is 1. The van der Waals surface area contributed by atoms with E-state index in [0.29, 0.717) is 5.69 Å². The zero-order chi connectivity index (χ0) is 12.5. The Morgan fingerprint density at radius 1 is 1.00 bits per heavy atom. The summed E-state index contributed by atoms with van der Waals surface area (Å²) in [6, 6.07) is 12.8. The lowest BCUT2D eigenvalue weighted by atomic mass is 10.2. The third-order valence-corrected chi connectivity index (χ3v) is 3.77. The molecule has 3 N–H and O–H groups in total. The highest BCUT2D eigenvalue weighted by molar-refractivity contribution is 7.17. The molecular weight excluding hydrogens is 247 g/mol. The second-order valence-electron chi connectivity index (χ2n) is 3.97. The Morgan fingerprint density at radius 2 is 1.83 bits per heavy atom. The zero-order valence-electron chi connectivity index (χ0n) is 9.48. The number of benzene rings is 2. The molecular formula is C14H11FN2S. The van der Waals surface area contributed by atoms with Crippen molar-refractivity contribution in [1.82, 2.24) is 0 Å². The van der Waals surface area contributed by atoms with Crippen LogP contribution in [0.15, 0.2) is 47.8 Å². The van der Waals surface area contributed by atoms with Gasteiger partial charge in [0.15, 0.2) is 0 Å². The molecule has 0 amide bonds. The molecule has 0 aliphatic heterocycles. The molecule has 0 aliphatic rings. The van der Waals surface area contributed by atoms with Gasteiger partial charge in [-0.25, -0.2) is 4.39 Å². The number of nitrogens with one attached hydrogen (secondary N) is 1. The lowest BCUT2D eigenvalue weighted by molar-refractivity contribution is 0.633. The number of hydrogen-bond donors (Lipinski definition) is 2. The van der Waals surface area contributed by atoms with Gasteiger partial charge in [-0.05, 0) is 18.2 Å². The Morgan fingerprint density at radius 3 is 2.72 bits per heavy atom. The summed E-state index contributed by atoms with van der Waals surface area (Å²) in [6.45, 7) is 0. The van der Waals surface area contributed by atoms with Crippen molar-refractivity contribution in [3.63, 3.8) is 0 Å². The topological polar surface area (TPSA) is 38.0 Å². The summed E-state index contributed by atoms with van der Waals surface area (Å²) in [7, 11) is 0. The van der Waals surface area contributed by atoms with Crippen molar-refractivity contribution in [3.05, 3.63) is 53.7 Å². The number of hydrogen-bond acceptors (Lipinski definition) is 3. The number of halogens is 1. The van der Waals surface area contributed by atoms with Crippen molar-refractivity contribution in [2.24, 2.45) is 0 Å². The number of anilines is 3. The van der Waals surface area contributed by atoms with Gasteiger partial charge in [-0.1, -0.05) is 24.3 Å². The average molecular weight is 258 g/mol. The number of fused-ring (bicyclic) bond motifs is 1. The minimum atomic E-state index is -0.403. The van der Waals surface area contributed by atoms with E-state index in [1.54, 1.807) is 23.5 Å². The molecule has 0 atom stereocenters. The Kier molecular flexibility index (Phi) is 2.64. The minimum absolute atomic E-state index is 0.146. The van der Waals surface area contributed by atoms with Crippen LogP contribution in [0.1, 0.15) is 0 Å². The standard InChI is InChI=1S/C14H11FN2S/c15-10-5-3-6-11(14(10)16)17-12-8-18-13-7-2-1-4-9(12)13/h1-8,17H,16H2. The molecule has 90 valence electrons. The highest BCUT2D eigenvalue weighted by Gasteiger charge is 2.07. The van der Waals surface area contributed by atoms with E-state index >= 15 is 0 Å². The first-order valence-electron chi connectivity index (χ1n) is 5.53. The fraction of sp³-hybridized carbons (Fsp3) is 0. The Labute approximate surface area is 108 Å². The molecule has 0 spiro atoms. The second kappa shape index (κ2) is 4.31. The van der Waals surface area contributed by atoms with Crippen molar-refractivity contribution in [3.8, 4) is 0 Å². The molecule has 0 bridgehead atoms. The summed E-state index contributed by atoms with van der Waals surface area (Å²) in [6.07, 6.45) is 0. The Bertz CT molecular complexity index is 706. The summed E-state index contributed by atoms with van der Waals surface area (Å²) >= 11 is 1.65. The van der Waals surface area contributed by atoms with Crippen LogP contribution in [0.25, 0.3) is 10.1 Å². The maximum Gasteiger partial charge on any atom is 0.148 e. The van der Waals surface area contributed by atoms with Gasteiger partial charge in [0, 0.05) is 15.5 Å². The van der Waals surface area contributed by atoms with Gasteiger partial charge in [0.1, 0.15) is 5.82 Å². The normalized spacial score (nSPS) is 10.7. The van der Waals surface area contributed by atoms with Crippen LogP contribution in [-0.2, 0) is 0 Å². The average Bonchev–Trinajstić information content (AvgIpc) is 2.79. The van der Waals surface area contributed by atoms with Gasteiger partial charge in [-0.3, -0.25) is 0 Å². The van der Waals surface area contributed by atoms with Crippen LogP contribution in [0, 0.1) is 5.82 Å². The fourth-order valence-corrected chi connectivity index (χ4v) is 2.76. The highest BCUT2D eigenvalue weighted by Crippen LogP contribution is 2.34. The molecule has 1 heterocycles. The molecule has 3 rings (SSSR count). The quantitative estimate of drug-likeness (QED) is 0.670. The smallest absolute Gasteiger partial charge is 0.148 e. The van der Waals surface area contributed by atoms with Crippen molar-refractivity contribution >= 4 is 38.5 Å². The van der Waals surface area contributed by atoms with E-state index in [2.05, 4.69) is 11.4 Å². The number of para-hydroxylation sites is 1. The third-order valence-electron chi connectivity index (χ3n) is 2.80. The third kappa shape index (κ3) is 1.80. The first kappa shape index (κ1) is 11.0. The van der Waals surface area contributed by atoms with Crippen LogP contribution in [-0.4, -0.2) is 0 Å². The summed E-state index contributed by atoms with van der Waals surface area (Å²) in [5, 5.41) is 6.31. The van der Waals surface area contributed by atoms with E-state index in [0.717, 1.165) is 11.1 Å². The van der Waals surface area contributed by atoms with E-state index in [1.807, 2.05) is 23.6 Å². The van der Waals surface area contributed by atoms with Gasteiger partial charge in [0.05, 0.1) is 17.1 Å². The molecule has 0 fully saturated rings. The van der Waals surface area contributed by atoms with Crippen LogP contribution < -0.4 is 11.1 Å². The molecule has 1 aromatic heterocycles. The molecule has 0 radical (unpaired) electrons. The molecule has 2 nitrogen and oxygen atoms in total. The highest BCUT2D eigenvalue weighted by atomic mass is 32.1. The van der Waals surface area contributed by atoms with Crippen molar-refractivity contribution in [2.75, 3.05) is 11.1 Å². The van der Waals surface area contributed by atoms with Crippen molar-refractivity contribution in [1.29, 1.82) is 0 Å². The van der Waals surface area contributed by atoms with Gasteiger partial charge in [0.25, 0.3) is 0 Å². The van der Waals surface area contributed by atoms with Gasteiger partial charge >= 0.3 is 0 Å². The minimum Gasteiger partial charge on any atom is -0.395 e. The van der Waals surface area contributed by atoms with E-state index < -0.39 is 5.82 Å². The van der Waals surface area contributed by atoms with E-state index in [1.165, 1.54) is 10.8 Å². The molecule has 4 heteroatoms. The molecule has 0 aliphatic carbocycles. The molecule has 18 heavy (non-hydrogen) atoms. The summed E-state index contributed by atoms with van der Waals surface area (Å²) in [5.74, 6) is -0.403. The SMILES string of the molecule is Nc1c(F)cccc1Nc1csc2ccccc12. The zero-order valence-corrected chi connectivity index (χ0v) is 10.3. The van der Waals surface area contributed by atoms with E-state index in [4.69, 9.17) is 5.73 Å². The summed E-state index contributed by atoms with van der Waals surface area (Å²) in [4.78, 5) is 0. The monoisotopic (exact) mass is 258 g/mol. The van der Waals surface area contributed by atoms with E-state index in [9.17, 15) is 4.39 Å². The second-order valence-corrected chi connectivity index (χ2v) is 4.88. The lowest BCUT2D eigenvalue weighted by Crippen LogP contribution is -1.98. The fourth-order valence-electron chi connectivity index (χ4n) is 1.87. The predicted octanol–water partition coefficient (Wildman–Crippen LogP) is 4.37. The molecule has 3 aromatic rings. The number of nitrogen functional groups attached to an aromatic ring is 1. The first-order valence-corrected chi connectivity index (χ1v) is 6.41. The molecule has 0 saturated heterocycles. The van der Waals surface area contributed by atoms with E-state index in [-0.39, 0.29) is 5.69 Å². The van der Waals surface area contributed by atoms with Crippen LogP contribution >= 0.6 is 11.3 Å². The van der Waals surface area contributed by atoms with Crippen LogP contribution in [0.3, 0.4) is 0 Å².